The fourth-order valence-electron chi connectivity index (χ4n) is 6.77. The lowest BCUT2D eigenvalue weighted by atomic mass is 9.75. The summed E-state index contributed by atoms with van der Waals surface area (Å²) in [4.78, 5) is 17.4. The molecule has 5 rings (SSSR count). The van der Waals surface area contributed by atoms with Crippen molar-refractivity contribution in [3.8, 4) is 0 Å². The van der Waals surface area contributed by atoms with Crippen LogP contribution in [0.5, 0.6) is 0 Å². The average molecular weight is 495 g/mol. The highest BCUT2D eigenvalue weighted by Gasteiger charge is 2.51. The van der Waals surface area contributed by atoms with Crippen molar-refractivity contribution in [3.63, 3.8) is 0 Å². The zero-order valence-corrected chi connectivity index (χ0v) is 21.5. The van der Waals surface area contributed by atoms with Crippen molar-refractivity contribution in [3.05, 3.63) is 53.2 Å². The van der Waals surface area contributed by atoms with Crippen LogP contribution in [0.1, 0.15) is 104 Å². The molecule has 0 unspecified atom stereocenters. The van der Waals surface area contributed by atoms with Crippen molar-refractivity contribution in [1.29, 1.82) is 0 Å². The normalized spacial score (nSPS) is 25.9. The molecule has 196 valence electrons. The molecule has 3 heterocycles. The molecule has 1 saturated carbocycles. The van der Waals surface area contributed by atoms with Gasteiger partial charge in [0, 0.05) is 19.1 Å². The molecule has 1 aliphatic carbocycles. The standard InChI is InChI=1S/C30H42N2O4/c33-18-8-14-22-12-4-5-13-23(22)19-24-26-15-16-27(36-26)28(24)30-32-25(20-35-30)29(34)31-17-7-6-11-21-9-2-1-3-10-21/h4-5,12-13,20-21,24,26-28,33H,1-3,6-11,14-19H2,(H,31,34)/t24-,26-,27+,28-/m0/s1. The predicted octanol–water partition coefficient (Wildman–Crippen LogP) is 5.58. The van der Waals surface area contributed by atoms with Gasteiger partial charge in [-0.2, -0.15) is 0 Å². The topological polar surface area (TPSA) is 84.6 Å². The molecule has 2 aromatic rings. The van der Waals surface area contributed by atoms with Crippen LogP contribution in [0.4, 0.5) is 0 Å². The number of hydrogen-bond acceptors (Lipinski definition) is 5. The van der Waals surface area contributed by atoms with Crippen molar-refractivity contribution in [2.24, 2.45) is 11.8 Å². The molecule has 6 heteroatoms. The van der Waals surface area contributed by atoms with E-state index in [4.69, 9.17) is 9.15 Å². The van der Waals surface area contributed by atoms with E-state index in [1.807, 2.05) is 0 Å². The van der Waals surface area contributed by atoms with Crippen LogP contribution in [-0.4, -0.2) is 41.4 Å². The van der Waals surface area contributed by atoms with Crippen LogP contribution in [0.3, 0.4) is 0 Å². The van der Waals surface area contributed by atoms with Crippen LogP contribution in [0.15, 0.2) is 34.9 Å². The number of nitrogens with one attached hydrogen (secondary N) is 1. The highest BCUT2D eigenvalue weighted by Crippen LogP contribution is 2.50. The van der Waals surface area contributed by atoms with E-state index in [9.17, 15) is 9.90 Å². The van der Waals surface area contributed by atoms with Gasteiger partial charge in [0.15, 0.2) is 5.69 Å². The second-order valence-corrected chi connectivity index (χ2v) is 11.1. The zero-order valence-electron chi connectivity index (χ0n) is 21.5. The second kappa shape index (κ2) is 12.4. The van der Waals surface area contributed by atoms with E-state index in [2.05, 4.69) is 34.6 Å². The van der Waals surface area contributed by atoms with Crippen molar-refractivity contribution in [1.82, 2.24) is 10.3 Å². The van der Waals surface area contributed by atoms with Gasteiger partial charge in [-0.25, -0.2) is 4.98 Å². The Balaban J connectivity index is 1.16. The Labute approximate surface area is 215 Å². The molecule has 3 aliphatic rings. The molecule has 0 radical (unpaired) electrons. The Morgan fingerprint density at radius 1 is 1.00 bits per heavy atom. The van der Waals surface area contributed by atoms with E-state index >= 15 is 0 Å². The lowest BCUT2D eigenvalue weighted by molar-refractivity contribution is 0.0897. The summed E-state index contributed by atoms with van der Waals surface area (Å²) in [6.07, 6.45) is 16.9. The molecule has 1 aromatic carbocycles. The van der Waals surface area contributed by atoms with Crippen molar-refractivity contribution < 1.29 is 19.1 Å². The zero-order chi connectivity index (χ0) is 24.7. The van der Waals surface area contributed by atoms with E-state index in [0.29, 0.717) is 18.1 Å². The van der Waals surface area contributed by atoms with Gasteiger partial charge in [0.1, 0.15) is 6.26 Å². The summed E-state index contributed by atoms with van der Waals surface area (Å²) in [6.45, 7) is 0.897. The SMILES string of the molecule is O=C(NCCCCC1CCCCC1)c1coc([C@H]2[C@@H](Cc3ccccc3CCCO)[C@@H]3CC[C@H]2O3)n1. The number of nitrogens with zero attached hydrogens (tertiary/aromatic N) is 1. The molecular weight excluding hydrogens is 452 g/mol. The highest BCUT2D eigenvalue weighted by atomic mass is 16.5. The number of ether oxygens (including phenoxy) is 1. The second-order valence-electron chi connectivity index (χ2n) is 11.1. The minimum Gasteiger partial charge on any atom is -0.448 e. The summed E-state index contributed by atoms with van der Waals surface area (Å²) in [5.74, 6) is 1.76. The number of aliphatic hydroxyl groups is 1. The first-order valence-corrected chi connectivity index (χ1v) is 14.3. The Morgan fingerprint density at radius 2 is 1.81 bits per heavy atom. The lowest BCUT2D eigenvalue weighted by Gasteiger charge is -2.26. The number of aromatic nitrogens is 1. The van der Waals surface area contributed by atoms with Crippen LogP contribution in [0, 0.1) is 11.8 Å². The summed E-state index contributed by atoms with van der Waals surface area (Å²) >= 11 is 0. The number of aliphatic hydroxyl groups excluding tert-OH is 1. The van der Waals surface area contributed by atoms with E-state index in [-0.39, 0.29) is 36.6 Å². The van der Waals surface area contributed by atoms with Crippen LogP contribution in [0.25, 0.3) is 0 Å². The summed E-state index contributed by atoms with van der Waals surface area (Å²) in [7, 11) is 0. The highest BCUT2D eigenvalue weighted by molar-refractivity contribution is 5.91. The van der Waals surface area contributed by atoms with E-state index in [1.165, 1.54) is 62.3 Å². The third kappa shape index (κ3) is 6.03. The molecule has 36 heavy (non-hydrogen) atoms. The molecule has 1 aromatic heterocycles. The van der Waals surface area contributed by atoms with Crippen LogP contribution >= 0.6 is 0 Å². The largest absolute Gasteiger partial charge is 0.448 e. The number of unbranched alkanes of at least 4 members (excludes halogenated alkanes) is 1. The van der Waals surface area contributed by atoms with Crippen LogP contribution in [-0.2, 0) is 17.6 Å². The van der Waals surface area contributed by atoms with Gasteiger partial charge in [-0.3, -0.25) is 4.79 Å². The van der Waals surface area contributed by atoms with Gasteiger partial charge in [0.2, 0.25) is 5.89 Å². The minimum absolute atomic E-state index is 0.0756. The molecule has 2 aliphatic heterocycles. The number of rotatable bonds is 12. The summed E-state index contributed by atoms with van der Waals surface area (Å²) in [5.41, 5.74) is 2.99. The van der Waals surface area contributed by atoms with E-state index < -0.39 is 0 Å². The van der Waals surface area contributed by atoms with Gasteiger partial charge in [0.25, 0.3) is 5.91 Å². The molecule has 2 N–H and O–H groups in total. The molecule has 0 spiro atoms. The number of carbonyl (C=O) groups excluding carboxylic acids is 1. The van der Waals surface area contributed by atoms with Crippen LogP contribution in [0.2, 0.25) is 0 Å². The number of amides is 1. The number of aryl methyl sites for hydroxylation is 1. The van der Waals surface area contributed by atoms with E-state index in [0.717, 1.165) is 44.4 Å². The summed E-state index contributed by atoms with van der Waals surface area (Å²) in [6, 6.07) is 8.51. The molecule has 4 atom stereocenters. The number of benzene rings is 1. The fourth-order valence-corrected chi connectivity index (χ4v) is 6.77. The number of oxazole rings is 1. The maximum absolute atomic E-state index is 12.7. The van der Waals surface area contributed by atoms with Gasteiger partial charge >= 0.3 is 0 Å². The monoisotopic (exact) mass is 494 g/mol. The van der Waals surface area contributed by atoms with E-state index in [1.54, 1.807) is 0 Å². The first-order chi connectivity index (χ1) is 17.7. The van der Waals surface area contributed by atoms with Gasteiger partial charge in [0.05, 0.1) is 18.1 Å². The first kappa shape index (κ1) is 25.5. The summed E-state index contributed by atoms with van der Waals surface area (Å²) < 4.78 is 12.2. The van der Waals surface area contributed by atoms with Crippen LogP contribution < -0.4 is 5.32 Å². The Bertz CT molecular complexity index is 983. The number of hydrogen-bond donors (Lipinski definition) is 2. The predicted molar refractivity (Wildman–Crippen MR) is 139 cm³/mol. The third-order valence-electron chi connectivity index (χ3n) is 8.69. The molecule has 3 fully saturated rings. The first-order valence-electron chi connectivity index (χ1n) is 14.3. The molecule has 6 nitrogen and oxygen atoms in total. The molecule has 2 saturated heterocycles. The lowest BCUT2D eigenvalue weighted by Crippen LogP contribution is -2.28. The van der Waals surface area contributed by atoms with Gasteiger partial charge in [-0.15, -0.1) is 0 Å². The smallest absolute Gasteiger partial charge is 0.273 e. The molecule has 1 amide bonds. The van der Waals surface area contributed by atoms with Gasteiger partial charge in [-0.05, 0) is 55.6 Å². The fraction of sp³-hybridized carbons (Fsp3) is 0.667. The van der Waals surface area contributed by atoms with Crippen molar-refractivity contribution >= 4 is 5.91 Å². The Morgan fingerprint density at radius 3 is 2.64 bits per heavy atom. The molecular formula is C30H42N2O4. The average Bonchev–Trinajstić information content (AvgIpc) is 3.65. The van der Waals surface area contributed by atoms with Crippen molar-refractivity contribution in [2.45, 2.75) is 102 Å². The van der Waals surface area contributed by atoms with Gasteiger partial charge < -0.3 is 19.6 Å². The quantitative estimate of drug-likeness (QED) is 0.376. The maximum Gasteiger partial charge on any atom is 0.273 e. The van der Waals surface area contributed by atoms with Crippen molar-refractivity contribution in [2.75, 3.05) is 13.2 Å². The number of fused-ring (bicyclic) bond motifs is 2. The maximum atomic E-state index is 12.7. The van der Waals surface area contributed by atoms with Gasteiger partial charge in [-0.1, -0.05) is 69.2 Å². The Kier molecular flexibility index (Phi) is 8.75. The molecule has 2 bridgehead atoms. The third-order valence-corrected chi connectivity index (χ3v) is 8.69. The minimum atomic E-state index is -0.141. The summed E-state index contributed by atoms with van der Waals surface area (Å²) in [5, 5.41) is 12.3. The Hall–Kier alpha value is -2.18. The number of carbonyl (C=O) groups is 1.